The second-order valence-electron chi connectivity index (χ2n) is 4.39. The van der Waals surface area contributed by atoms with Crippen molar-refractivity contribution < 1.29 is 4.84 Å². The van der Waals surface area contributed by atoms with Crippen molar-refractivity contribution in [2.75, 3.05) is 6.54 Å². The number of hydrogen-bond acceptors (Lipinski definition) is 4. The van der Waals surface area contributed by atoms with Gasteiger partial charge in [0.25, 0.3) is 0 Å². The summed E-state index contributed by atoms with van der Waals surface area (Å²) >= 11 is 0. The van der Waals surface area contributed by atoms with Gasteiger partial charge in [0.1, 0.15) is 6.10 Å². The van der Waals surface area contributed by atoms with Gasteiger partial charge in [-0.15, -0.1) is 0 Å². The smallest absolute Gasteiger partial charge is 0.118 e. The number of nitrogens with two attached hydrogens (primary N) is 1. The van der Waals surface area contributed by atoms with Gasteiger partial charge in [-0.05, 0) is 34.9 Å². The van der Waals surface area contributed by atoms with E-state index < -0.39 is 0 Å². The zero-order chi connectivity index (χ0) is 13.1. The molecule has 96 valence electrons. The van der Waals surface area contributed by atoms with Gasteiger partial charge >= 0.3 is 0 Å². The highest BCUT2D eigenvalue weighted by Gasteiger charge is 2.15. The number of pyridine rings is 1. The van der Waals surface area contributed by atoms with Gasteiger partial charge in [-0.1, -0.05) is 24.3 Å². The first kappa shape index (κ1) is 11.9. The SMILES string of the molecule is NCC1C=C(c2ccc(-c3ccncc3)cc2)NO1. The summed E-state index contributed by atoms with van der Waals surface area (Å²) in [5.74, 6) is 0. The van der Waals surface area contributed by atoms with Crippen molar-refractivity contribution in [3.8, 4) is 11.1 Å². The van der Waals surface area contributed by atoms with Crippen molar-refractivity contribution in [3.05, 3.63) is 60.4 Å². The van der Waals surface area contributed by atoms with Crippen molar-refractivity contribution in [2.24, 2.45) is 5.73 Å². The molecule has 1 aromatic carbocycles. The van der Waals surface area contributed by atoms with Crippen LogP contribution in [0.5, 0.6) is 0 Å². The maximum Gasteiger partial charge on any atom is 0.118 e. The molecule has 0 saturated carbocycles. The molecule has 4 nitrogen and oxygen atoms in total. The predicted molar refractivity (Wildman–Crippen MR) is 74.7 cm³/mol. The van der Waals surface area contributed by atoms with E-state index in [9.17, 15) is 0 Å². The number of nitrogens with zero attached hydrogens (tertiary/aromatic N) is 1. The molecular formula is C15H15N3O. The van der Waals surface area contributed by atoms with E-state index in [1.165, 1.54) is 5.56 Å². The van der Waals surface area contributed by atoms with Crippen LogP contribution in [0.1, 0.15) is 5.56 Å². The Labute approximate surface area is 111 Å². The van der Waals surface area contributed by atoms with Crippen molar-refractivity contribution >= 4 is 5.70 Å². The summed E-state index contributed by atoms with van der Waals surface area (Å²) in [5, 5.41) is 0. The summed E-state index contributed by atoms with van der Waals surface area (Å²) in [6, 6.07) is 12.3. The Hall–Kier alpha value is -2.17. The molecule has 0 fully saturated rings. The fraction of sp³-hybridized carbons (Fsp3) is 0.133. The zero-order valence-electron chi connectivity index (χ0n) is 10.4. The molecule has 3 rings (SSSR count). The molecule has 19 heavy (non-hydrogen) atoms. The molecule has 0 aliphatic carbocycles. The van der Waals surface area contributed by atoms with Gasteiger partial charge in [-0.3, -0.25) is 15.3 Å². The first-order valence-electron chi connectivity index (χ1n) is 6.21. The molecule has 0 spiro atoms. The van der Waals surface area contributed by atoms with Crippen LogP contribution in [0, 0.1) is 0 Å². The lowest BCUT2D eigenvalue weighted by atomic mass is 10.0. The van der Waals surface area contributed by atoms with E-state index in [1.807, 2.05) is 18.2 Å². The minimum Gasteiger partial charge on any atom is -0.328 e. The second-order valence-corrected chi connectivity index (χ2v) is 4.39. The predicted octanol–water partition coefficient (Wildman–Crippen LogP) is 1.95. The fourth-order valence-electron chi connectivity index (χ4n) is 2.05. The average molecular weight is 253 g/mol. The molecule has 1 aromatic heterocycles. The number of benzene rings is 1. The highest BCUT2D eigenvalue weighted by atomic mass is 16.7. The van der Waals surface area contributed by atoms with E-state index in [1.54, 1.807) is 12.4 Å². The van der Waals surface area contributed by atoms with Gasteiger partial charge in [0.2, 0.25) is 0 Å². The van der Waals surface area contributed by atoms with Gasteiger partial charge in [0, 0.05) is 18.9 Å². The third kappa shape index (κ3) is 2.50. The van der Waals surface area contributed by atoms with Crippen molar-refractivity contribution in [2.45, 2.75) is 6.10 Å². The van der Waals surface area contributed by atoms with Crippen molar-refractivity contribution in [3.63, 3.8) is 0 Å². The fourth-order valence-corrected chi connectivity index (χ4v) is 2.05. The Morgan fingerprint density at radius 1 is 1.00 bits per heavy atom. The van der Waals surface area contributed by atoms with Gasteiger partial charge in [-0.25, -0.2) is 0 Å². The van der Waals surface area contributed by atoms with Gasteiger partial charge in [0.15, 0.2) is 0 Å². The van der Waals surface area contributed by atoms with E-state index in [2.05, 4.69) is 34.7 Å². The van der Waals surface area contributed by atoms with E-state index in [-0.39, 0.29) is 6.10 Å². The summed E-state index contributed by atoms with van der Waals surface area (Å²) < 4.78 is 0. The molecule has 1 aliphatic rings. The Bertz CT molecular complexity index is 578. The molecule has 0 saturated heterocycles. The number of nitrogens with one attached hydrogen (secondary N) is 1. The molecule has 0 radical (unpaired) electrons. The van der Waals surface area contributed by atoms with Crippen LogP contribution in [-0.4, -0.2) is 17.6 Å². The molecule has 3 N–H and O–H groups in total. The highest BCUT2D eigenvalue weighted by molar-refractivity contribution is 5.69. The summed E-state index contributed by atoms with van der Waals surface area (Å²) in [4.78, 5) is 9.33. The largest absolute Gasteiger partial charge is 0.328 e. The number of hydrogen-bond donors (Lipinski definition) is 2. The molecule has 2 aromatic rings. The Balaban J connectivity index is 1.84. The average Bonchev–Trinajstić information content (AvgIpc) is 2.97. The van der Waals surface area contributed by atoms with Crippen molar-refractivity contribution in [1.82, 2.24) is 10.5 Å². The van der Waals surface area contributed by atoms with Crippen LogP contribution in [-0.2, 0) is 4.84 Å². The van der Waals surface area contributed by atoms with E-state index in [0.717, 1.165) is 16.8 Å². The topological polar surface area (TPSA) is 60.2 Å². The van der Waals surface area contributed by atoms with Crippen LogP contribution >= 0.6 is 0 Å². The Morgan fingerprint density at radius 3 is 2.26 bits per heavy atom. The first-order valence-corrected chi connectivity index (χ1v) is 6.21. The lowest BCUT2D eigenvalue weighted by Gasteiger charge is -2.06. The summed E-state index contributed by atoms with van der Waals surface area (Å²) in [5.41, 5.74) is 12.8. The normalized spacial score (nSPS) is 17.9. The van der Waals surface area contributed by atoms with Crippen LogP contribution in [0.3, 0.4) is 0 Å². The van der Waals surface area contributed by atoms with E-state index >= 15 is 0 Å². The minimum atomic E-state index is -0.0464. The molecule has 1 aliphatic heterocycles. The summed E-state index contributed by atoms with van der Waals surface area (Å²) in [7, 11) is 0. The quantitative estimate of drug-likeness (QED) is 0.877. The number of rotatable bonds is 3. The number of aromatic nitrogens is 1. The Kier molecular flexibility index (Phi) is 3.27. The lowest BCUT2D eigenvalue weighted by Crippen LogP contribution is -2.21. The van der Waals surface area contributed by atoms with Crippen LogP contribution in [0.25, 0.3) is 16.8 Å². The molecule has 0 amide bonds. The van der Waals surface area contributed by atoms with E-state index in [4.69, 9.17) is 10.6 Å². The molecule has 1 atom stereocenters. The van der Waals surface area contributed by atoms with Crippen LogP contribution in [0.2, 0.25) is 0 Å². The third-order valence-electron chi connectivity index (χ3n) is 3.11. The van der Waals surface area contributed by atoms with Gasteiger partial charge in [0.05, 0.1) is 5.70 Å². The third-order valence-corrected chi connectivity index (χ3v) is 3.11. The maximum absolute atomic E-state index is 5.56. The first-order chi connectivity index (χ1) is 9.36. The standard InChI is InChI=1S/C15H15N3O/c16-10-14-9-15(18-19-14)13-3-1-11(2-4-13)12-5-7-17-8-6-12/h1-9,14,18H,10,16H2. The maximum atomic E-state index is 5.56. The van der Waals surface area contributed by atoms with Crippen molar-refractivity contribution in [1.29, 1.82) is 0 Å². The second kappa shape index (κ2) is 5.22. The molecule has 4 heteroatoms. The highest BCUT2D eigenvalue weighted by Crippen LogP contribution is 2.23. The molecule has 2 heterocycles. The minimum absolute atomic E-state index is 0.0464. The molecular weight excluding hydrogens is 238 g/mol. The number of hydroxylamine groups is 1. The lowest BCUT2D eigenvalue weighted by molar-refractivity contribution is 0.0567. The molecule has 1 unspecified atom stereocenters. The molecule has 0 bridgehead atoms. The van der Waals surface area contributed by atoms with Gasteiger partial charge in [-0.2, -0.15) is 0 Å². The Morgan fingerprint density at radius 2 is 1.63 bits per heavy atom. The monoisotopic (exact) mass is 253 g/mol. The summed E-state index contributed by atoms with van der Waals surface area (Å²) in [6.45, 7) is 0.478. The summed E-state index contributed by atoms with van der Waals surface area (Å²) in [6.07, 6.45) is 5.55. The zero-order valence-corrected chi connectivity index (χ0v) is 10.4. The van der Waals surface area contributed by atoms with E-state index in [0.29, 0.717) is 6.54 Å². The van der Waals surface area contributed by atoms with Crippen LogP contribution in [0.15, 0.2) is 54.9 Å². The van der Waals surface area contributed by atoms with Crippen LogP contribution in [0.4, 0.5) is 0 Å². The van der Waals surface area contributed by atoms with Crippen LogP contribution < -0.4 is 11.2 Å². The van der Waals surface area contributed by atoms with Gasteiger partial charge < -0.3 is 5.73 Å².